The first-order chi connectivity index (χ1) is 14.2. The number of carbonyl (C=O) groups excluding carboxylic acids is 4. The number of rotatable bonds is 6. The largest absolute Gasteiger partial charge is 0.350 e. The number of benzene rings is 2. The Morgan fingerprint density at radius 2 is 1.37 bits per heavy atom. The van der Waals surface area contributed by atoms with Gasteiger partial charge in [-0.25, -0.2) is 0 Å². The Labute approximate surface area is 183 Å². The number of hydrogen-bond acceptors (Lipinski definition) is 4. The third-order valence-electron chi connectivity index (χ3n) is 4.57. The van der Waals surface area contributed by atoms with Gasteiger partial charge in [0.05, 0.1) is 21.2 Å². The van der Waals surface area contributed by atoms with Gasteiger partial charge < -0.3 is 10.6 Å². The van der Waals surface area contributed by atoms with Gasteiger partial charge in [-0.15, -0.1) is 0 Å². The van der Waals surface area contributed by atoms with Crippen molar-refractivity contribution < 1.29 is 19.2 Å². The molecule has 2 aromatic rings. The summed E-state index contributed by atoms with van der Waals surface area (Å²) in [6.45, 7) is 3.87. The quantitative estimate of drug-likeness (QED) is 0.524. The first-order valence-electron chi connectivity index (χ1n) is 9.24. The topological polar surface area (TPSA) is 95.6 Å². The molecular weight excluding hydrogens is 429 g/mol. The Morgan fingerprint density at radius 3 is 1.93 bits per heavy atom. The maximum atomic E-state index is 12.4. The highest BCUT2D eigenvalue weighted by Gasteiger charge is 2.37. The monoisotopic (exact) mass is 447 g/mol. The molecular formula is C21H19Cl2N3O4. The molecule has 0 unspecified atom stereocenters. The van der Waals surface area contributed by atoms with Crippen LogP contribution in [0.1, 0.15) is 55.3 Å². The van der Waals surface area contributed by atoms with Crippen molar-refractivity contribution in [1.82, 2.24) is 15.5 Å². The molecule has 1 heterocycles. The molecule has 2 N–H and O–H groups in total. The van der Waals surface area contributed by atoms with Crippen molar-refractivity contribution in [3.8, 4) is 0 Å². The van der Waals surface area contributed by atoms with Crippen molar-refractivity contribution in [3.05, 3.63) is 68.7 Å². The van der Waals surface area contributed by atoms with Crippen molar-refractivity contribution in [3.63, 3.8) is 0 Å². The zero-order valence-electron chi connectivity index (χ0n) is 16.3. The first-order valence-corrected chi connectivity index (χ1v) is 9.99. The van der Waals surface area contributed by atoms with Crippen molar-refractivity contribution >= 4 is 46.8 Å². The van der Waals surface area contributed by atoms with E-state index in [0.717, 1.165) is 0 Å². The van der Waals surface area contributed by atoms with Crippen LogP contribution in [0.4, 0.5) is 0 Å². The molecule has 0 saturated heterocycles. The minimum Gasteiger partial charge on any atom is -0.350 e. The molecule has 0 fully saturated rings. The number of amides is 4. The number of imide groups is 1. The van der Waals surface area contributed by atoms with Crippen LogP contribution in [-0.2, 0) is 0 Å². The van der Waals surface area contributed by atoms with Crippen molar-refractivity contribution in [2.45, 2.75) is 19.9 Å². The number of halogens is 2. The molecule has 1 aliphatic rings. The van der Waals surface area contributed by atoms with E-state index in [1.807, 2.05) is 0 Å². The third-order valence-corrected chi connectivity index (χ3v) is 5.31. The summed E-state index contributed by atoms with van der Waals surface area (Å²) in [4.78, 5) is 50.4. The molecule has 1 aliphatic heterocycles. The second-order valence-corrected chi connectivity index (χ2v) is 7.79. The summed E-state index contributed by atoms with van der Waals surface area (Å²) in [5.41, 5.74) is 1.12. The Hall–Kier alpha value is -2.90. The number of nitrogens with zero attached hydrogens (tertiary/aromatic N) is 1. The highest BCUT2D eigenvalue weighted by atomic mass is 35.5. The Kier molecular flexibility index (Phi) is 6.43. The molecule has 0 bridgehead atoms. The summed E-state index contributed by atoms with van der Waals surface area (Å²) >= 11 is 11.7. The summed E-state index contributed by atoms with van der Waals surface area (Å²) in [5, 5.41) is 5.96. The molecule has 30 heavy (non-hydrogen) atoms. The van der Waals surface area contributed by atoms with Crippen LogP contribution < -0.4 is 10.6 Å². The van der Waals surface area contributed by atoms with Gasteiger partial charge in [-0.2, -0.15) is 0 Å². The van der Waals surface area contributed by atoms with Gasteiger partial charge in [-0.05, 0) is 50.2 Å². The van der Waals surface area contributed by atoms with E-state index in [4.69, 9.17) is 23.2 Å². The molecule has 0 aliphatic carbocycles. The van der Waals surface area contributed by atoms with Crippen LogP contribution in [0, 0.1) is 0 Å². The number of carbonyl (C=O) groups is 4. The van der Waals surface area contributed by atoms with E-state index in [0.29, 0.717) is 16.1 Å². The molecule has 9 heteroatoms. The van der Waals surface area contributed by atoms with Crippen molar-refractivity contribution in [2.24, 2.45) is 0 Å². The average Bonchev–Trinajstić information content (AvgIpc) is 2.96. The smallest absolute Gasteiger partial charge is 0.261 e. The lowest BCUT2D eigenvalue weighted by molar-refractivity contribution is 0.0608. The second kappa shape index (κ2) is 8.85. The average molecular weight is 448 g/mol. The Bertz CT molecular complexity index is 1050. The SMILES string of the molecule is CC(C)N1C(=O)c2ccc(C(=O)NCCNC(=O)c3ccc(Cl)c(Cl)c3)cc2C1=O. The fourth-order valence-electron chi connectivity index (χ4n) is 3.06. The summed E-state index contributed by atoms with van der Waals surface area (Å²) in [6, 6.07) is 8.67. The third kappa shape index (κ3) is 4.32. The fourth-order valence-corrected chi connectivity index (χ4v) is 3.36. The van der Waals surface area contributed by atoms with Crippen LogP contribution in [0.3, 0.4) is 0 Å². The molecule has 156 valence electrons. The van der Waals surface area contributed by atoms with Crippen LogP contribution in [0.15, 0.2) is 36.4 Å². The lowest BCUT2D eigenvalue weighted by Gasteiger charge is -2.17. The van der Waals surface area contributed by atoms with E-state index in [2.05, 4.69) is 10.6 Å². The number of fused-ring (bicyclic) bond motifs is 1. The van der Waals surface area contributed by atoms with Gasteiger partial charge in [0.25, 0.3) is 23.6 Å². The fraction of sp³-hybridized carbons (Fsp3) is 0.238. The lowest BCUT2D eigenvalue weighted by atomic mass is 10.1. The normalized spacial score (nSPS) is 12.9. The predicted octanol–water partition coefficient (Wildman–Crippen LogP) is 3.16. The molecule has 0 atom stereocenters. The van der Waals surface area contributed by atoms with Gasteiger partial charge in [0, 0.05) is 30.3 Å². The zero-order valence-corrected chi connectivity index (χ0v) is 17.8. The van der Waals surface area contributed by atoms with E-state index in [1.54, 1.807) is 19.9 Å². The van der Waals surface area contributed by atoms with Gasteiger partial charge in [0.1, 0.15) is 0 Å². The zero-order chi connectivity index (χ0) is 22.0. The van der Waals surface area contributed by atoms with Gasteiger partial charge >= 0.3 is 0 Å². The summed E-state index contributed by atoms with van der Waals surface area (Å²) in [5.74, 6) is -1.53. The molecule has 0 radical (unpaired) electrons. The van der Waals surface area contributed by atoms with E-state index < -0.39 is 11.8 Å². The molecule has 7 nitrogen and oxygen atoms in total. The number of hydrogen-bond donors (Lipinski definition) is 2. The van der Waals surface area contributed by atoms with Crippen LogP contribution in [0.2, 0.25) is 10.0 Å². The summed E-state index contributed by atoms with van der Waals surface area (Å²) < 4.78 is 0. The van der Waals surface area contributed by atoms with Crippen LogP contribution >= 0.6 is 23.2 Å². The van der Waals surface area contributed by atoms with Crippen LogP contribution in [0.5, 0.6) is 0 Å². The van der Waals surface area contributed by atoms with E-state index in [9.17, 15) is 19.2 Å². The van der Waals surface area contributed by atoms with E-state index in [1.165, 1.54) is 35.2 Å². The van der Waals surface area contributed by atoms with E-state index in [-0.39, 0.29) is 47.1 Å². The molecule has 0 saturated carbocycles. The van der Waals surface area contributed by atoms with Gasteiger partial charge in [0.2, 0.25) is 0 Å². The Morgan fingerprint density at radius 1 is 0.833 bits per heavy atom. The van der Waals surface area contributed by atoms with Crippen LogP contribution in [-0.4, -0.2) is 47.7 Å². The lowest BCUT2D eigenvalue weighted by Crippen LogP contribution is -2.36. The molecule has 4 amide bonds. The van der Waals surface area contributed by atoms with Gasteiger partial charge in [-0.1, -0.05) is 23.2 Å². The van der Waals surface area contributed by atoms with Crippen molar-refractivity contribution in [1.29, 1.82) is 0 Å². The van der Waals surface area contributed by atoms with Crippen molar-refractivity contribution in [2.75, 3.05) is 13.1 Å². The van der Waals surface area contributed by atoms with Gasteiger partial charge in [-0.3, -0.25) is 24.1 Å². The molecule has 2 aromatic carbocycles. The maximum absolute atomic E-state index is 12.4. The minimum atomic E-state index is -0.412. The van der Waals surface area contributed by atoms with E-state index >= 15 is 0 Å². The summed E-state index contributed by atoms with van der Waals surface area (Å²) in [6.07, 6.45) is 0. The highest BCUT2D eigenvalue weighted by molar-refractivity contribution is 6.42. The minimum absolute atomic E-state index is 0.175. The maximum Gasteiger partial charge on any atom is 0.261 e. The van der Waals surface area contributed by atoms with Crippen LogP contribution in [0.25, 0.3) is 0 Å². The standard InChI is InChI=1S/C21H19Cl2N3O4/c1-11(2)26-20(29)14-5-3-12(9-15(14)21(26)30)18(27)24-7-8-25-19(28)13-4-6-16(22)17(23)10-13/h3-6,9-11H,7-8H2,1-2H3,(H,24,27)(H,25,28). The number of nitrogens with one attached hydrogen (secondary N) is 2. The van der Waals surface area contributed by atoms with Gasteiger partial charge in [0.15, 0.2) is 0 Å². The molecule has 0 aromatic heterocycles. The molecule has 0 spiro atoms. The predicted molar refractivity (Wildman–Crippen MR) is 113 cm³/mol. The highest BCUT2D eigenvalue weighted by Crippen LogP contribution is 2.26. The first kappa shape index (κ1) is 21.8. The molecule has 3 rings (SSSR count). The Balaban J connectivity index is 1.56. The second-order valence-electron chi connectivity index (χ2n) is 6.98. The summed E-state index contributed by atoms with van der Waals surface area (Å²) in [7, 11) is 0.